The molecule has 6 aromatic rings. The molecule has 0 spiro atoms. The van der Waals surface area contributed by atoms with Crippen molar-refractivity contribution >= 4 is 48.1 Å². The summed E-state index contributed by atoms with van der Waals surface area (Å²) < 4.78 is 17.1. The van der Waals surface area contributed by atoms with Crippen LogP contribution in [0.5, 0.6) is 0 Å². The SMILES string of the molecule is CO[Si](OC)(OC)c1ccc(N(c2ccccc2)c2ccc(-c3ccc(N(c4ccccc4)c4ccc(C)cc4)cc3)cc2)cc1. The highest BCUT2D eigenvalue weighted by Gasteiger charge is 2.40. The molecule has 0 radical (unpaired) electrons. The second-order valence-electron chi connectivity index (χ2n) is 11.0. The van der Waals surface area contributed by atoms with Crippen molar-refractivity contribution < 1.29 is 13.3 Å². The van der Waals surface area contributed by atoms with Crippen molar-refractivity contribution in [3.05, 3.63) is 163 Å². The monoisotopic (exact) mass is 622 g/mol. The molecule has 0 atom stereocenters. The van der Waals surface area contributed by atoms with Gasteiger partial charge in [-0.15, -0.1) is 0 Å². The molecule has 0 fully saturated rings. The van der Waals surface area contributed by atoms with Crippen molar-refractivity contribution in [3.8, 4) is 11.1 Å². The van der Waals surface area contributed by atoms with Crippen LogP contribution in [0.4, 0.5) is 34.1 Å². The molecule has 0 N–H and O–H groups in total. The van der Waals surface area contributed by atoms with Crippen LogP contribution in [0.25, 0.3) is 11.1 Å². The Balaban J connectivity index is 1.30. The van der Waals surface area contributed by atoms with Gasteiger partial charge in [-0.25, -0.2) is 0 Å². The second-order valence-corrected chi connectivity index (χ2v) is 13.9. The molecule has 0 saturated heterocycles. The molecular weight excluding hydrogens is 585 g/mol. The Kier molecular flexibility index (Phi) is 9.43. The van der Waals surface area contributed by atoms with E-state index in [2.05, 4.69) is 150 Å². The molecule has 0 aliphatic carbocycles. The van der Waals surface area contributed by atoms with Crippen molar-refractivity contribution in [3.63, 3.8) is 0 Å². The lowest BCUT2D eigenvalue weighted by atomic mass is 10.0. The minimum absolute atomic E-state index is 0.906. The first kappa shape index (κ1) is 31.0. The average molecular weight is 623 g/mol. The van der Waals surface area contributed by atoms with Gasteiger partial charge in [0, 0.05) is 60.6 Å². The fraction of sp³-hybridized carbons (Fsp3) is 0.100. The Morgan fingerprint density at radius 3 is 1.02 bits per heavy atom. The number of hydrogen-bond acceptors (Lipinski definition) is 5. The molecule has 0 aliphatic heterocycles. The number of para-hydroxylation sites is 2. The summed E-state index contributed by atoms with van der Waals surface area (Å²) in [7, 11) is 1.95. The van der Waals surface area contributed by atoms with E-state index in [0.29, 0.717) is 0 Å². The number of benzene rings is 6. The summed E-state index contributed by atoms with van der Waals surface area (Å²) in [5, 5.41) is 0.906. The zero-order valence-electron chi connectivity index (χ0n) is 26.6. The standard InChI is InChI=1S/C40H38N2O3Si/c1-31-15-21-36(22-16-31)41(34-11-7-5-8-12-34)37-23-17-32(18-24-37)33-19-25-38(26-20-33)42(35-13-9-6-10-14-35)39-27-29-40(30-28-39)46(43-2,44-3)45-4/h5-30H,1-4H3. The Hall–Kier alpha value is -4.98. The fourth-order valence-corrected chi connectivity index (χ4v) is 7.55. The molecule has 230 valence electrons. The topological polar surface area (TPSA) is 34.2 Å². The molecule has 0 aliphatic rings. The summed E-state index contributed by atoms with van der Waals surface area (Å²) in [5.74, 6) is 0. The van der Waals surface area contributed by atoms with E-state index in [1.165, 1.54) is 5.56 Å². The maximum absolute atomic E-state index is 5.69. The van der Waals surface area contributed by atoms with Crippen molar-refractivity contribution in [2.24, 2.45) is 0 Å². The zero-order valence-corrected chi connectivity index (χ0v) is 27.6. The molecule has 0 bridgehead atoms. The van der Waals surface area contributed by atoms with Crippen LogP contribution >= 0.6 is 0 Å². The molecule has 0 unspecified atom stereocenters. The Morgan fingerprint density at radius 1 is 0.370 bits per heavy atom. The third-order valence-electron chi connectivity index (χ3n) is 8.19. The van der Waals surface area contributed by atoms with E-state index in [1.54, 1.807) is 21.3 Å². The van der Waals surface area contributed by atoms with E-state index in [0.717, 1.165) is 50.4 Å². The third-order valence-corrected chi connectivity index (χ3v) is 10.8. The van der Waals surface area contributed by atoms with Crippen molar-refractivity contribution in [2.45, 2.75) is 6.92 Å². The lowest BCUT2D eigenvalue weighted by molar-refractivity contribution is 0.140. The predicted molar refractivity (Wildman–Crippen MR) is 192 cm³/mol. The zero-order chi connectivity index (χ0) is 31.9. The van der Waals surface area contributed by atoms with Gasteiger partial charge in [0.15, 0.2) is 0 Å². The van der Waals surface area contributed by atoms with Crippen LogP contribution < -0.4 is 15.0 Å². The van der Waals surface area contributed by atoms with Crippen molar-refractivity contribution in [2.75, 3.05) is 31.1 Å². The van der Waals surface area contributed by atoms with E-state index >= 15 is 0 Å². The second kappa shape index (κ2) is 14.0. The normalized spacial score (nSPS) is 11.3. The van der Waals surface area contributed by atoms with Crippen molar-refractivity contribution in [1.82, 2.24) is 0 Å². The van der Waals surface area contributed by atoms with Gasteiger partial charge >= 0.3 is 8.80 Å². The minimum Gasteiger partial charge on any atom is -0.373 e. The number of hydrogen-bond donors (Lipinski definition) is 0. The van der Waals surface area contributed by atoms with E-state index < -0.39 is 8.80 Å². The molecule has 6 rings (SSSR count). The molecule has 46 heavy (non-hydrogen) atoms. The van der Waals surface area contributed by atoms with Gasteiger partial charge in [-0.1, -0.05) is 90.5 Å². The summed E-state index contributed by atoms with van der Waals surface area (Å²) >= 11 is 0. The number of aryl methyl sites for hydroxylation is 1. The summed E-state index contributed by atoms with van der Waals surface area (Å²) in [6, 6.07) is 55.2. The Bertz CT molecular complexity index is 1820. The molecule has 6 heteroatoms. The molecule has 5 nitrogen and oxygen atoms in total. The van der Waals surface area contributed by atoms with Crippen molar-refractivity contribution in [1.29, 1.82) is 0 Å². The summed E-state index contributed by atoms with van der Waals surface area (Å²) in [4.78, 5) is 4.53. The molecule has 0 saturated carbocycles. The van der Waals surface area contributed by atoms with Crippen LogP contribution in [0.3, 0.4) is 0 Å². The van der Waals surface area contributed by atoms with Crippen LogP contribution in [0.15, 0.2) is 158 Å². The van der Waals surface area contributed by atoms with Gasteiger partial charge in [0.05, 0.1) is 0 Å². The van der Waals surface area contributed by atoms with Crippen LogP contribution in [0, 0.1) is 6.92 Å². The maximum atomic E-state index is 5.69. The molecule has 0 aromatic heterocycles. The first-order chi connectivity index (χ1) is 22.5. The molecule has 0 amide bonds. The van der Waals surface area contributed by atoms with E-state index in [-0.39, 0.29) is 0 Å². The minimum atomic E-state index is -2.93. The Labute approximate surface area is 273 Å². The fourth-order valence-electron chi connectivity index (χ4n) is 5.77. The van der Waals surface area contributed by atoms with Gasteiger partial charge in [-0.05, 0) is 90.8 Å². The Morgan fingerprint density at radius 2 is 0.674 bits per heavy atom. The molecule has 0 heterocycles. The average Bonchev–Trinajstić information content (AvgIpc) is 3.12. The maximum Gasteiger partial charge on any atom is 0.536 e. The van der Waals surface area contributed by atoms with Gasteiger partial charge in [0.2, 0.25) is 0 Å². The first-order valence-electron chi connectivity index (χ1n) is 15.3. The summed E-state index contributed by atoms with van der Waals surface area (Å²) in [6.07, 6.45) is 0. The smallest absolute Gasteiger partial charge is 0.373 e. The highest BCUT2D eigenvalue weighted by molar-refractivity contribution is 6.75. The summed E-state index contributed by atoms with van der Waals surface area (Å²) in [5.41, 5.74) is 10.1. The molecular formula is C40H38N2O3Si. The van der Waals surface area contributed by atoms with Crippen LogP contribution in [-0.4, -0.2) is 30.1 Å². The lowest BCUT2D eigenvalue weighted by Gasteiger charge is -2.28. The van der Waals surface area contributed by atoms with Gasteiger partial charge in [0.25, 0.3) is 0 Å². The van der Waals surface area contributed by atoms with Gasteiger partial charge in [-0.2, -0.15) is 0 Å². The van der Waals surface area contributed by atoms with E-state index in [1.807, 2.05) is 24.3 Å². The summed E-state index contributed by atoms with van der Waals surface area (Å²) in [6.45, 7) is 2.11. The number of nitrogens with zero attached hydrogens (tertiary/aromatic N) is 2. The number of rotatable bonds is 11. The predicted octanol–water partition coefficient (Wildman–Crippen LogP) is 9.69. The lowest BCUT2D eigenvalue weighted by Crippen LogP contribution is -2.54. The van der Waals surface area contributed by atoms with Gasteiger partial charge in [-0.3, -0.25) is 0 Å². The van der Waals surface area contributed by atoms with Crippen LogP contribution in [0.2, 0.25) is 0 Å². The highest BCUT2D eigenvalue weighted by atomic mass is 28.4. The molecule has 6 aromatic carbocycles. The van der Waals surface area contributed by atoms with E-state index in [4.69, 9.17) is 13.3 Å². The van der Waals surface area contributed by atoms with E-state index in [9.17, 15) is 0 Å². The quantitative estimate of drug-likeness (QED) is 0.134. The highest BCUT2D eigenvalue weighted by Crippen LogP contribution is 2.37. The van der Waals surface area contributed by atoms with Crippen LogP contribution in [-0.2, 0) is 13.3 Å². The largest absolute Gasteiger partial charge is 0.536 e. The third kappa shape index (κ3) is 6.38. The van der Waals surface area contributed by atoms with Crippen LogP contribution in [0.1, 0.15) is 5.56 Å². The first-order valence-corrected chi connectivity index (χ1v) is 17.0. The number of anilines is 6. The van der Waals surface area contributed by atoms with Gasteiger partial charge in [0.1, 0.15) is 0 Å². The van der Waals surface area contributed by atoms with Gasteiger partial charge < -0.3 is 23.1 Å².